The Morgan fingerprint density at radius 2 is 2.10 bits per heavy atom. The highest BCUT2D eigenvalue weighted by Crippen LogP contribution is 2.22. The number of aryl methyl sites for hydroxylation is 2. The minimum atomic E-state index is -0.758. The zero-order valence-corrected chi connectivity index (χ0v) is 12.4. The third-order valence-electron chi connectivity index (χ3n) is 4.20. The number of nitrogens with zero attached hydrogens (tertiary/aromatic N) is 1. The van der Waals surface area contributed by atoms with E-state index in [2.05, 4.69) is 43.9 Å². The highest BCUT2D eigenvalue weighted by atomic mass is 16.5. The first-order chi connectivity index (χ1) is 9.52. The lowest BCUT2D eigenvalue weighted by atomic mass is 10.0. The third kappa shape index (κ3) is 3.19. The molecule has 1 aliphatic rings. The van der Waals surface area contributed by atoms with Gasteiger partial charge in [-0.1, -0.05) is 25.1 Å². The van der Waals surface area contributed by atoms with E-state index >= 15 is 0 Å². The predicted molar refractivity (Wildman–Crippen MR) is 77.7 cm³/mol. The highest BCUT2D eigenvalue weighted by molar-refractivity contribution is 5.71. The third-order valence-corrected chi connectivity index (χ3v) is 4.20. The molecule has 0 radical (unpaired) electrons. The van der Waals surface area contributed by atoms with Crippen molar-refractivity contribution in [1.29, 1.82) is 0 Å². The van der Waals surface area contributed by atoms with E-state index in [9.17, 15) is 9.90 Å². The van der Waals surface area contributed by atoms with Gasteiger partial charge in [-0.3, -0.25) is 9.69 Å². The summed E-state index contributed by atoms with van der Waals surface area (Å²) >= 11 is 0. The molecule has 1 aliphatic heterocycles. The number of aliphatic carboxylic acids is 1. The van der Waals surface area contributed by atoms with E-state index in [0.29, 0.717) is 13.2 Å². The van der Waals surface area contributed by atoms with Crippen LogP contribution in [0.2, 0.25) is 0 Å². The van der Waals surface area contributed by atoms with Crippen LogP contribution in [0.1, 0.15) is 23.6 Å². The molecule has 1 N–H and O–H groups in total. The van der Waals surface area contributed by atoms with Crippen molar-refractivity contribution in [3.05, 3.63) is 34.9 Å². The fraction of sp³-hybridized carbons (Fsp3) is 0.562. The van der Waals surface area contributed by atoms with Crippen LogP contribution in [0.5, 0.6) is 0 Å². The highest BCUT2D eigenvalue weighted by Gasteiger charge is 2.37. The smallest absolute Gasteiger partial charge is 0.310 e. The molecule has 4 heteroatoms. The molecule has 110 valence electrons. The monoisotopic (exact) mass is 277 g/mol. The minimum Gasteiger partial charge on any atom is -0.481 e. The number of hydrogen-bond acceptors (Lipinski definition) is 3. The molecule has 0 aliphatic carbocycles. The Bertz CT molecular complexity index is 487. The normalized spacial score (nSPS) is 22.4. The lowest BCUT2D eigenvalue weighted by molar-refractivity contribution is -0.143. The molecule has 2 atom stereocenters. The molecule has 1 aromatic rings. The molecule has 2 unspecified atom stereocenters. The van der Waals surface area contributed by atoms with Crippen LogP contribution in [0.15, 0.2) is 18.2 Å². The number of carboxylic acid groups (broad SMARTS) is 1. The maximum absolute atomic E-state index is 11.3. The molecule has 4 nitrogen and oxygen atoms in total. The summed E-state index contributed by atoms with van der Waals surface area (Å²) in [5.74, 6) is -1.17. The SMILES string of the molecule is CCN(Cc1ccc(C)c(C)c1)C1COCC1C(=O)O. The summed E-state index contributed by atoms with van der Waals surface area (Å²) in [6, 6.07) is 6.40. The van der Waals surface area contributed by atoms with Crippen LogP contribution in [-0.2, 0) is 16.1 Å². The van der Waals surface area contributed by atoms with Gasteiger partial charge in [0, 0.05) is 12.6 Å². The van der Waals surface area contributed by atoms with E-state index in [4.69, 9.17) is 4.74 Å². The second-order valence-electron chi connectivity index (χ2n) is 5.53. The second-order valence-corrected chi connectivity index (χ2v) is 5.53. The molecule has 0 aromatic heterocycles. The Labute approximate surface area is 120 Å². The van der Waals surface area contributed by atoms with E-state index in [0.717, 1.165) is 13.1 Å². The zero-order valence-electron chi connectivity index (χ0n) is 12.4. The lowest BCUT2D eigenvalue weighted by Gasteiger charge is -2.29. The van der Waals surface area contributed by atoms with Crippen LogP contribution in [0, 0.1) is 19.8 Å². The first kappa shape index (κ1) is 15.0. The van der Waals surface area contributed by atoms with Crippen LogP contribution in [0.25, 0.3) is 0 Å². The number of likely N-dealkylation sites (N-methyl/N-ethyl adjacent to an activating group) is 1. The standard InChI is InChI=1S/C16H23NO3/c1-4-17(15-10-20-9-14(15)16(18)19)8-13-6-5-11(2)12(3)7-13/h5-7,14-15H,4,8-10H2,1-3H3,(H,18,19). The minimum absolute atomic E-state index is 0.0286. The van der Waals surface area contributed by atoms with Gasteiger partial charge in [-0.15, -0.1) is 0 Å². The Morgan fingerprint density at radius 3 is 2.70 bits per heavy atom. The predicted octanol–water partition coefficient (Wildman–Crippen LogP) is 2.22. The van der Waals surface area contributed by atoms with Crippen molar-refractivity contribution in [3.8, 4) is 0 Å². The first-order valence-corrected chi connectivity index (χ1v) is 7.13. The van der Waals surface area contributed by atoms with Gasteiger partial charge in [0.15, 0.2) is 0 Å². The van der Waals surface area contributed by atoms with Gasteiger partial charge in [0.25, 0.3) is 0 Å². The van der Waals surface area contributed by atoms with E-state index in [-0.39, 0.29) is 6.04 Å². The molecule has 1 saturated heterocycles. The molecular formula is C16H23NO3. The van der Waals surface area contributed by atoms with E-state index in [1.165, 1.54) is 16.7 Å². The largest absolute Gasteiger partial charge is 0.481 e. The van der Waals surface area contributed by atoms with E-state index < -0.39 is 11.9 Å². The number of hydrogen-bond donors (Lipinski definition) is 1. The van der Waals surface area contributed by atoms with E-state index in [1.54, 1.807) is 0 Å². The average Bonchev–Trinajstić information content (AvgIpc) is 2.89. The summed E-state index contributed by atoms with van der Waals surface area (Å²) in [5, 5.41) is 9.27. The van der Waals surface area contributed by atoms with Gasteiger partial charge >= 0.3 is 5.97 Å². The van der Waals surface area contributed by atoms with Gasteiger partial charge in [-0.05, 0) is 37.1 Å². The molecule has 1 aromatic carbocycles. The summed E-state index contributed by atoms with van der Waals surface area (Å²) in [5.41, 5.74) is 3.78. The van der Waals surface area contributed by atoms with E-state index in [1.807, 2.05) is 0 Å². The summed E-state index contributed by atoms with van der Waals surface area (Å²) in [6.07, 6.45) is 0. The zero-order chi connectivity index (χ0) is 14.7. The molecule has 1 heterocycles. The van der Waals surface area contributed by atoms with Crippen molar-refractivity contribution in [3.63, 3.8) is 0 Å². The maximum atomic E-state index is 11.3. The molecular weight excluding hydrogens is 254 g/mol. The fourth-order valence-corrected chi connectivity index (χ4v) is 2.74. The van der Waals surface area contributed by atoms with Crippen LogP contribution in [0.4, 0.5) is 0 Å². The van der Waals surface area contributed by atoms with Gasteiger partial charge in [-0.2, -0.15) is 0 Å². The maximum Gasteiger partial charge on any atom is 0.310 e. The number of ether oxygens (including phenoxy) is 1. The van der Waals surface area contributed by atoms with Crippen molar-refractivity contribution in [2.24, 2.45) is 5.92 Å². The van der Waals surface area contributed by atoms with Crippen molar-refractivity contribution in [2.75, 3.05) is 19.8 Å². The molecule has 0 bridgehead atoms. The first-order valence-electron chi connectivity index (χ1n) is 7.13. The molecule has 20 heavy (non-hydrogen) atoms. The van der Waals surface area contributed by atoms with Crippen LogP contribution < -0.4 is 0 Å². The number of rotatable bonds is 5. The number of benzene rings is 1. The van der Waals surface area contributed by atoms with Gasteiger partial charge in [0.1, 0.15) is 0 Å². The molecule has 0 spiro atoms. The van der Waals surface area contributed by atoms with Crippen LogP contribution in [0.3, 0.4) is 0 Å². The second kappa shape index (κ2) is 6.37. The van der Waals surface area contributed by atoms with Crippen molar-refractivity contribution in [1.82, 2.24) is 4.90 Å². The van der Waals surface area contributed by atoms with Gasteiger partial charge in [0.2, 0.25) is 0 Å². The van der Waals surface area contributed by atoms with Gasteiger partial charge in [-0.25, -0.2) is 0 Å². The van der Waals surface area contributed by atoms with Gasteiger partial charge in [0.05, 0.1) is 19.1 Å². The van der Waals surface area contributed by atoms with Crippen LogP contribution >= 0.6 is 0 Å². The number of carboxylic acids is 1. The fourth-order valence-electron chi connectivity index (χ4n) is 2.74. The van der Waals surface area contributed by atoms with Crippen molar-refractivity contribution < 1.29 is 14.6 Å². The van der Waals surface area contributed by atoms with Crippen LogP contribution in [-0.4, -0.2) is 41.8 Å². The quantitative estimate of drug-likeness (QED) is 0.896. The molecule has 0 saturated carbocycles. The summed E-state index contributed by atoms with van der Waals surface area (Å²) in [7, 11) is 0. The molecule has 1 fully saturated rings. The Hall–Kier alpha value is -1.39. The summed E-state index contributed by atoms with van der Waals surface area (Å²) in [6.45, 7) is 8.70. The molecule has 0 amide bonds. The topological polar surface area (TPSA) is 49.8 Å². The number of carbonyl (C=O) groups is 1. The average molecular weight is 277 g/mol. The van der Waals surface area contributed by atoms with Gasteiger partial charge < -0.3 is 9.84 Å². The van der Waals surface area contributed by atoms with Crippen molar-refractivity contribution >= 4 is 5.97 Å². The Balaban J connectivity index is 2.12. The van der Waals surface area contributed by atoms with Crippen molar-refractivity contribution in [2.45, 2.75) is 33.4 Å². The summed E-state index contributed by atoms with van der Waals surface area (Å²) in [4.78, 5) is 13.5. The Kier molecular flexibility index (Phi) is 4.78. The Morgan fingerprint density at radius 1 is 1.35 bits per heavy atom. The summed E-state index contributed by atoms with van der Waals surface area (Å²) < 4.78 is 5.37. The molecule has 2 rings (SSSR count). The lowest BCUT2D eigenvalue weighted by Crippen LogP contribution is -2.42.